The number of halogens is 2. The summed E-state index contributed by atoms with van der Waals surface area (Å²) in [7, 11) is 2.17. The van der Waals surface area contributed by atoms with Crippen LogP contribution in [0.3, 0.4) is 0 Å². The highest BCUT2D eigenvalue weighted by atomic mass is 35.5. The van der Waals surface area contributed by atoms with E-state index in [1.165, 1.54) is 33.3 Å². The third kappa shape index (κ3) is 3.10. The molecule has 1 aliphatic heterocycles. The summed E-state index contributed by atoms with van der Waals surface area (Å²) in [4.78, 5) is 2.37. The van der Waals surface area contributed by atoms with Crippen LogP contribution >= 0.6 is 23.2 Å². The van der Waals surface area contributed by atoms with Crippen molar-refractivity contribution in [1.29, 1.82) is 0 Å². The van der Waals surface area contributed by atoms with Gasteiger partial charge >= 0.3 is 0 Å². The molecule has 2 nitrogen and oxygen atoms in total. The maximum atomic E-state index is 6.27. The van der Waals surface area contributed by atoms with E-state index in [2.05, 4.69) is 53.9 Å². The van der Waals surface area contributed by atoms with E-state index in [1.54, 1.807) is 0 Å². The standard InChI is InChI=1S/C21H20Cl2N2/c1-14(15-3-5-16(22)6-4-15)12-25-20-8-7-17(23)11-19(20)18-9-10-24(2)13-21(18)25/h3-8,11-12H,9-10,13H2,1-2H3/b14-12+. The fourth-order valence-electron chi connectivity index (χ4n) is 3.62. The first-order valence-corrected chi connectivity index (χ1v) is 9.22. The molecular weight excluding hydrogens is 351 g/mol. The van der Waals surface area contributed by atoms with E-state index in [-0.39, 0.29) is 0 Å². The molecule has 25 heavy (non-hydrogen) atoms. The molecule has 0 amide bonds. The van der Waals surface area contributed by atoms with Crippen molar-refractivity contribution in [3.05, 3.63) is 69.3 Å². The van der Waals surface area contributed by atoms with Crippen molar-refractivity contribution >= 4 is 45.9 Å². The van der Waals surface area contributed by atoms with E-state index in [1.807, 2.05) is 18.2 Å². The maximum Gasteiger partial charge on any atom is 0.0529 e. The second-order valence-electron chi connectivity index (χ2n) is 6.76. The number of hydrogen-bond acceptors (Lipinski definition) is 1. The Kier molecular flexibility index (Phi) is 4.36. The average Bonchev–Trinajstić information content (AvgIpc) is 2.88. The number of aromatic nitrogens is 1. The Morgan fingerprint density at radius 2 is 1.76 bits per heavy atom. The first kappa shape index (κ1) is 16.7. The van der Waals surface area contributed by atoms with Gasteiger partial charge in [0.05, 0.1) is 5.52 Å². The third-order valence-corrected chi connectivity index (χ3v) is 5.45. The van der Waals surface area contributed by atoms with Crippen LogP contribution in [0.4, 0.5) is 0 Å². The van der Waals surface area contributed by atoms with Crippen molar-refractivity contribution in [2.24, 2.45) is 0 Å². The van der Waals surface area contributed by atoms with Crippen molar-refractivity contribution in [3.8, 4) is 0 Å². The lowest BCUT2D eigenvalue weighted by Gasteiger charge is -2.24. The van der Waals surface area contributed by atoms with Crippen LogP contribution in [0.2, 0.25) is 10.0 Å². The molecule has 0 unspecified atom stereocenters. The largest absolute Gasteiger partial charge is 0.318 e. The van der Waals surface area contributed by atoms with Gasteiger partial charge in [-0.05, 0) is 67.4 Å². The quantitative estimate of drug-likeness (QED) is 0.540. The first-order chi connectivity index (χ1) is 12.0. The zero-order valence-corrected chi connectivity index (χ0v) is 15.9. The van der Waals surface area contributed by atoms with Crippen molar-refractivity contribution in [2.75, 3.05) is 13.6 Å². The monoisotopic (exact) mass is 370 g/mol. The molecule has 3 aromatic rings. The summed E-state index contributed by atoms with van der Waals surface area (Å²) in [6.45, 7) is 4.18. The summed E-state index contributed by atoms with van der Waals surface area (Å²) < 4.78 is 2.33. The Hall–Kier alpha value is -1.74. The van der Waals surface area contributed by atoms with E-state index < -0.39 is 0 Å². The molecule has 0 N–H and O–H groups in total. The molecule has 0 aliphatic carbocycles. The van der Waals surface area contributed by atoms with Gasteiger partial charge in [-0.25, -0.2) is 0 Å². The normalized spacial score (nSPS) is 15.6. The van der Waals surface area contributed by atoms with Gasteiger partial charge in [-0.3, -0.25) is 0 Å². The molecule has 0 saturated carbocycles. The third-order valence-electron chi connectivity index (χ3n) is 4.97. The molecule has 2 aromatic carbocycles. The van der Waals surface area contributed by atoms with Crippen LogP contribution in [0.1, 0.15) is 23.7 Å². The van der Waals surface area contributed by atoms with Crippen LogP contribution in [0, 0.1) is 0 Å². The molecule has 4 heteroatoms. The minimum Gasteiger partial charge on any atom is -0.318 e. The lowest BCUT2D eigenvalue weighted by molar-refractivity contribution is 0.308. The van der Waals surface area contributed by atoms with Gasteiger partial charge in [-0.1, -0.05) is 35.3 Å². The van der Waals surface area contributed by atoms with Gasteiger partial charge in [0.25, 0.3) is 0 Å². The molecule has 0 fully saturated rings. The highest BCUT2D eigenvalue weighted by molar-refractivity contribution is 6.31. The summed E-state index contributed by atoms with van der Waals surface area (Å²) >= 11 is 12.3. The average molecular weight is 371 g/mol. The number of nitrogens with zero attached hydrogens (tertiary/aromatic N) is 2. The van der Waals surface area contributed by atoms with E-state index in [0.717, 1.165) is 29.6 Å². The summed E-state index contributed by atoms with van der Waals surface area (Å²) in [6, 6.07) is 14.2. The van der Waals surface area contributed by atoms with Gasteiger partial charge in [0.1, 0.15) is 0 Å². The Balaban J connectivity index is 1.90. The predicted molar refractivity (Wildman–Crippen MR) is 108 cm³/mol. The molecule has 4 rings (SSSR count). The van der Waals surface area contributed by atoms with Gasteiger partial charge in [0, 0.05) is 40.4 Å². The molecule has 1 aromatic heterocycles. The molecule has 128 valence electrons. The Morgan fingerprint density at radius 1 is 1.04 bits per heavy atom. The van der Waals surface area contributed by atoms with E-state index in [9.17, 15) is 0 Å². The molecular formula is C21H20Cl2N2. The number of hydrogen-bond donors (Lipinski definition) is 0. The Bertz CT molecular complexity index is 968. The second kappa shape index (κ2) is 6.53. The van der Waals surface area contributed by atoms with Crippen molar-refractivity contribution in [2.45, 2.75) is 19.9 Å². The minimum atomic E-state index is 0.761. The van der Waals surface area contributed by atoms with Gasteiger partial charge in [-0.15, -0.1) is 0 Å². The molecule has 0 spiro atoms. The number of rotatable bonds is 2. The number of benzene rings is 2. The van der Waals surface area contributed by atoms with Crippen LogP contribution in [-0.4, -0.2) is 23.1 Å². The van der Waals surface area contributed by atoms with E-state index in [0.29, 0.717) is 0 Å². The Morgan fingerprint density at radius 3 is 2.52 bits per heavy atom. The number of likely N-dealkylation sites (N-methyl/N-ethyl adjacent to an activating group) is 1. The van der Waals surface area contributed by atoms with E-state index in [4.69, 9.17) is 23.2 Å². The fourth-order valence-corrected chi connectivity index (χ4v) is 3.92. The lowest BCUT2D eigenvalue weighted by Crippen LogP contribution is -2.27. The van der Waals surface area contributed by atoms with Crippen LogP contribution in [0.5, 0.6) is 0 Å². The molecule has 2 heterocycles. The van der Waals surface area contributed by atoms with Crippen molar-refractivity contribution in [1.82, 2.24) is 9.47 Å². The van der Waals surface area contributed by atoms with Crippen LogP contribution < -0.4 is 0 Å². The molecule has 0 atom stereocenters. The second-order valence-corrected chi connectivity index (χ2v) is 7.64. The Labute approximate surface area is 158 Å². The summed E-state index contributed by atoms with van der Waals surface area (Å²) in [6.07, 6.45) is 3.29. The van der Waals surface area contributed by atoms with Gasteiger partial charge < -0.3 is 9.47 Å². The van der Waals surface area contributed by atoms with E-state index >= 15 is 0 Å². The zero-order valence-electron chi connectivity index (χ0n) is 14.4. The van der Waals surface area contributed by atoms with Crippen molar-refractivity contribution in [3.63, 3.8) is 0 Å². The summed E-state index contributed by atoms with van der Waals surface area (Å²) in [5.74, 6) is 0. The highest BCUT2D eigenvalue weighted by Crippen LogP contribution is 2.33. The SMILES string of the molecule is C/C(=C\n1c2c(c3cc(Cl)ccc31)CCN(C)C2)c1ccc(Cl)cc1. The highest BCUT2D eigenvalue weighted by Gasteiger charge is 2.22. The zero-order chi connectivity index (χ0) is 17.6. The summed E-state index contributed by atoms with van der Waals surface area (Å²) in [5, 5.41) is 2.83. The van der Waals surface area contributed by atoms with Crippen LogP contribution in [-0.2, 0) is 13.0 Å². The lowest BCUT2D eigenvalue weighted by atomic mass is 10.0. The molecule has 1 aliphatic rings. The van der Waals surface area contributed by atoms with Crippen LogP contribution in [0.15, 0.2) is 42.5 Å². The first-order valence-electron chi connectivity index (χ1n) is 8.47. The fraction of sp³-hybridized carbons (Fsp3) is 0.238. The maximum absolute atomic E-state index is 6.27. The van der Waals surface area contributed by atoms with Crippen LogP contribution in [0.25, 0.3) is 22.7 Å². The predicted octanol–water partition coefficient (Wildman–Crippen LogP) is 5.95. The van der Waals surface area contributed by atoms with Gasteiger partial charge in [-0.2, -0.15) is 0 Å². The molecule has 0 saturated heterocycles. The van der Waals surface area contributed by atoms with Crippen molar-refractivity contribution < 1.29 is 0 Å². The van der Waals surface area contributed by atoms with Gasteiger partial charge in [0.15, 0.2) is 0 Å². The minimum absolute atomic E-state index is 0.761. The summed E-state index contributed by atoms with van der Waals surface area (Å²) in [5.41, 5.74) is 6.39. The molecule has 0 bridgehead atoms. The smallest absolute Gasteiger partial charge is 0.0529 e. The van der Waals surface area contributed by atoms with Gasteiger partial charge in [0.2, 0.25) is 0 Å². The molecule has 0 radical (unpaired) electrons. The topological polar surface area (TPSA) is 8.17 Å². The number of allylic oxidation sites excluding steroid dienone is 1. The number of fused-ring (bicyclic) bond motifs is 3.